The first-order chi connectivity index (χ1) is 5.70. The molecule has 0 aliphatic carbocycles. The Bertz CT molecular complexity index is 103. The van der Waals surface area contributed by atoms with Gasteiger partial charge in [0, 0.05) is 25.0 Å². The van der Waals surface area contributed by atoms with Crippen molar-refractivity contribution in [2.24, 2.45) is 0 Å². The minimum absolute atomic E-state index is 0.281. The van der Waals surface area contributed by atoms with E-state index in [4.69, 9.17) is 4.74 Å². The van der Waals surface area contributed by atoms with E-state index in [0.717, 1.165) is 19.8 Å². The first-order valence-corrected chi connectivity index (χ1v) is 5.33. The van der Waals surface area contributed by atoms with E-state index in [2.05, 4.69) is 20.8 Å². The molecule has 0 fully saturated rings. The molecule has 3 nitrogen and oxygen atoms in total. The lowest BCUT2D eigenvalue weighted by molar-refractivity contribution is 0.0974. The number of hydrogen-bond acceptors (Lipinski definition) is 3. The third kappa shape index (κ3) is 7.03. The fourth-order valence-corrected chi connectivity index (χ4v) is 1.07. The molecule has 0 aromatic rings. The topological polar surface area (TPSA) is 32.7 Å². The predicted molar refractivity (Wildman–Crippen MR) is 53.8 cm³/mol. The van der Waals surface area contributed by atoms with E-state index < -0.39 is 0 Å². The van der Waals surface area contributed by atoms with Gasteiger partial charge in [0.2, 0.25) is 0 Å². The van der Waals surface area contributed by atoms with E-state index in [0.29, 0.717) is 11.9 Å². The van der Waals surface area contributed by atoms with Crippen molar-refractivity contribution < 1.29 is 9.84 Å². The number of ether oxygens (including phenoxy) is 1. The first kappa shape index (κ1) is 12.4. The summed E-state index contributed by atoms with van der Waals surface area (Å²) in [6.45, 7) is 5.04. The van der Waals surface area contributed by atoms with Crippen LogP contribution in [0.25, 0.3) is 0 Å². The van der Waals surface area contributed by atoms with Gasteiger partial charge in [0.1, 0.15) is 0 Å². The molecular formula is C8H18BrNO2. The Kier molecular flexibility index (Phi) is 8.22. The molecule has 0 spiro atoms. The highest BCUT2D eigenvalue weighted by Crippen LogP contribution is 1.93. The van der Waals surface area contributed by atoms with Gasteiger partial charge in [0.05, 0.1) is 12.7 Å². The van der Waals surface area contributed by atoms with Crippen molar-refractivity contribution in [3.63, 3.8) is 0 Å². The number of likely N-dealkylation sites (N-methyl/N-ethyl adjacent to an activating group) is 1. The highest BCUT2D eigenvalue weighted by molar-refractivity contribution is 9.09. The van der Waals surface area contributed by atoms with Crippen molar-refractivity contribution in [3.05, 3.63) is 0 Å². The highest BCUT2D eigenvalue weighted by atomic mass is 79.9. The molecule has 1 unspecified atom stereocenters. The average molecular weight is 240 g/mol. The zero-order valence-corrected chi connectivity index (χ0v) is 9.38. The van der Waals surface area contributed by atoms with Crippen LogP contribution in [-0.2, 0) is 4.74 Å². The Labute approximate surface area is 82.8 Å². The van der Waals surface area contributed by atoms with Crippen molar-refractivity contribution >= 4 is 15.9 Å². The minimum Gasteiger partial charge on any atom is -0.391 e. The van der Waals surface area contributed by atoms with Crippen LogP contribution in [0.1, 0.15) is 6.92 Å². The molecule has 0 aliphatic heterocycles. The normalized spacial score (nSPS) is 13.8. The fraction of sp³-hybridized carbons (Fsp3) is 1.00. The third-order valence-electron chi connectivity index (χ3n) is 1.52. The van der Waals surface area contributed by atoms with Crippen molar-refractivity contribution in [2.75, 3.05) is 38.7 Å². The molecule has 0 saturated carbocycles. The van der Waals surface area contributed by atoms with Gasteiger partial charge in [-0.1, -0.05) is 15.9 Å². The molecule has 0 amide bonds. The maximum absolute atomic E-state index is 9.26. The van der Waals surface area contributed by atoms with Crippen LogP contribution in [0.4, 0.5) is 0 Å². The van der Waals surface area contributed by atoms with Gasteiger partial charge in [-0.05, 0) is 14.0 Å². The van der Waals surface area contributed by atoms with E-state index in [9.17, 15) is 5.11 Å². The first-order valence-electron chi connectivity index (χ1n) is 4.21. The summed E-state index contributed by atoms with van der Waals surface area (Å²) in [7, 11) is 1.98. The van der Waals surface area contributed by atoms with Crippen LogP contribution < -0.4 is 0 Å². The third-order valence-corrected chi connectivity index (χ3v) is 2.27. The molecule has 0 saturated heterocycles. The summed E-state index contributed by atoms with van der Waals surface area (Å²) in [4.78, 5) is 2.06. The molecular weight excluding hydrogens is 222 g/mol. The maximum Gasteiger partial charge on any atom is 0.0763 e. The van der Waals surface area contributed by atoms with Gasteiger partial charge >= 0.3 is 0 Å². The van der Waals surface area contributed by atoms with Gasteiger partial charge in [-0.25, -0.2) is 0 Å². The fourth-order valence-electron chi connectivity index (χ4n) is 0.865. The molecule has 0 heterocycles. The highest BCUT2D eigenvalue weighted by Gasteiger charge is 2.05. The van der Waals surface area contributed by atoms with E-state index in [1.807, 2.05) is 14.0 Å². The van der Waals surface area contributed by atoms with Crippen LogP contribution in [0, 0.1) is 0 Å². The number of aliphatic hydroxyl groups excluding tert-OH is 1. The second-order valence-corrected chi connectivity index (χ2v) is 3.41. The Morgan fingerprint density at radius 3 is 2.75 bits per heavy atom. The summed E-state index contributed by atoms with van der Waals surface area (Å²) in [5, 5.41) is 9.89. The summed E-state index contributed by atoms with van der Waals surface area (Å²) < 4.78 is 5.18. The standard InChI is InChI=1S/C8H18BrNO2/c1-3-12-5-4-10(2)7-8(11)6-9/h8,11H,3-7H2,1-2H3. The van der Waals surface area contributed by atoms with Crippen LogP contribution in [0.3, 0.4) is 0 Å². The monoisotopic (exact) mass is 239 g/mol. The number of hydrogen-bond donors (Lipinski definition) is 1. The Morgan fingerprint density at radius 1 is 1.58 bits per heavy atom. The lowest BCUT2D eigenvalue weighted by Gasteiger charge is -2.18. The van der Waals surface area contributed by atoms with Crippen LogP contribution in [0.5, 0.6) is 0 Å². The van der Waals surface area contributed by atoms with Crippen molar-refractivity contribution in [1.82, 2.24) is 4.90 Å². The van der Waals surface area contributed by atoms with Gasteiger partial charge in [-0.3, -0.25) is 0 Å². The van der Waals surface area contributed by atoms with Crippen molar-refractivity contribution in [2.45, 2.75) is 13.0 Å². The van der Waals surface area contributed by atoms with Crippen LogP contribution >= 0.6 is 15.9 Å². The summed E-state index contributed by atoms with van der Waals surface area (Å²) >= 11 is 3.22. The van der Waals surface area contributed by atoms with E-state index >= 15 is 0 Å². The van der Waals surface area contributed by atoms with Crippen LogP contribution in [0.2, 0.25) is 0 Å². The molecule has 1 N–H and O–H groups in total. The Morgan fingerprint density at radius 2 is 2.25 bits per heavy atom. The van der Waals surface area contributed by atoms with Crippen molar-refractivity contribution in [1.29, 1.82) is 0 Å². The molecule has 4 heteroatoms. The molecule has 0 aliphatic rings. The minimum atomic E-state index is -0.281. The van der Waals surface area contributed by atoms with Crippen LogP contribution in [-0.4, -0.2) is 54.8 Å². The second-order valence-electron chi connectivity index (χ2n) is 2.77. The predicted octanol–water partition coefficient (Wildman–Crippen LogP) is 0.710. The SMILES string of the molecule is CCOCCN(C)CC(O)CBr. The summed E-state index contributed by atoms with van der Waals surface area (Å²) in [5.74, 6) is 0. The number of nitrogens with zero attached hydrogens (tertiary/aromatic N) is 1. The van der Waals surface area contributed by atoms with Gasteiger partial charge in [0.25, 0.3) is 0 Å². The Balaban J connectivity index is 3.26. The lowest BCUT2D eigenvalue weighted by Crippen LogP contribution is -2.32. The number of aliphatic hydroxyl groups is 1. The van der Waals surface area contributed by atoms with Gasteiger partial charge < -0.3 is 14.7 Å². The van der Waals surface area contributed by atoms with E-state index in [1.54, 1.807) is 0 Å². The largest absolute Gasteiger partial charge is 0.391 e. The molecule has 12 heavy (non-hydrogen) atoms. The molecule has 0 aromatic heterocycles. The molecule has 0 bridgehead atoms. The Hall–Kier alpha value is 0.360. The van der Waals surface area contributed by atoms with E-state index in [1.165, 1.54) is 0 Å². The smallest absolute Gasteiger partial charge is 0.0763 e. The summed E-state index contributed by atoms with van der Waals surface area (Å²) in [6.07, 6.45) is -0.281. The van der Waals surface area contributed by atoms with Gasteiger partial charge in [0.15, 0.2) is 0 Å². The summed E-state index contributed by atoms with van der Waals surface area (Å²) in [6, 6.07) is 0. The second kappa shape index (κ2) is 7.98. The average Bonchev–Trinajstić information content (AvgIpc) is 2.05. The number of halogens is 1. The zero-order valence-electron chi connectivity index (χ0n) is 7.79. The molecule has 0 rings (SSSR count). The molecule has 74 valence electrons. The molecule has 0 aromatic carbocycles. The van der Waals surface area contributed by atoms with Gasteiger partial charge in [-0.15, -0.1) is 0 Å². The molecule has 1 atom stereocenters. The van der Waals surface area contributed by atoms with Crippen molar-refractivity contribution in [3.8, 4) is 0 Å². The maximum atomic E-state index is 9.26. The lowest BCUT2D eigenvalue weighted by atomic mass is 10.4. The quantitative estimate of drug-likeness (QED) is 0.525. The van der Waals surface area contributed by atoms with Gasteiger partial charge in [-0.2, -0.15) is 0 Å². The van der Waals surface area contributed by atoms with Crippen LogP contribution in [0.15, 0.2) is 0 Å². The zero-order chi connectivity index (χ0) is 9.40. The molecule has 0 radical (unpaired) electrons. The summed E-state index contributed by atoms with van der Waals surface area (Å²) in [5.41, 5.74) is 0. The van der Waals surface area contributed by atoms with E-state index in [-0.39, 0.29) is 6.10 Å². The number of rotatable bonds is 7. The number of alkyl halides is 1.